The van der Waals surface area contributed by atoms with E-state index < -0.39 is 29.1 Å². The molecule has 35 heavy (non-hydrogen) atoms. The van der Waals surface area contributed by atoms with Gasteiger partial charge in [0, 0.05) is 32.3 Å². The van der Waals surface area contributed by atoms with E-state index in [4.69, 9.17) is 4.74 Å². The van der Waals surface area contributed by atoms with Crippen LogP contribution in [-0.4, -0.2) is 45.6 Å². The molecule has 1 aliphatic heterocycles. The average Bonchev–Trinajstić information content (AvgIpc) is 3.48. The molecular weight excluding hydrogens is 465 g/mol. The van der Waals surface area contributed by atoms with Crippen LogP contribution < -0.4 is 16.0 Å². The summed E-state index contributed by atoms with van der Waals surface area (Å²) in [4.78, 5) is 25.5. The first-order chi connectivity index (χ1) is 16.7. The van der Waals surface area contributed by atoms with E-state index in [1.165, 1.54) is 29.1 Å². The van der Waals surface area contributed by atoms with E-state index in [9.17, 15) is 22.8 Å². The zero-order valence-electron chi connectivity index (χ0n) is 18.7. The van der Waals surface area contributed by atoms with Crippen molar-refractivity contribution >= 4 is 23.2 Å². The Labute approximate surface area is 198 Å². The first kappa shape index (κ1) is 24.2. The number of nitrogens with one attached hydrogen (secondary N) is 3. The number of para-hydroxylation sites is 1. The minimum Gasteiger partial charge on any atom is -0.378 e. The van der Waals surface area contributed by atoms with E-state index in [2.05, 4.69) is 26.3 Å². The molecule has 4 rings (SSSR count). The lowest BCUT2D eigenvalue weighted by atomic mass is 9.97. The molecule has 2 heterocycles. The number of alkyl halides is 3. The summed E-state index contributed by atoms with van der Waals surface area (Å²) in [6.07, 6.45) is -2.73. The van der Waals surface area contributed by atoms with Crippen molar-refractivity contribution in [1.82, 2.24) is 25.6 Å². The predicted molar refractivity (Wildman–Crippen MR) is 120 cm³/mol. The van der Waals surface area contributed by atoms with Gasteiger partial charge in [-0.1, -0.05) is 29.5 Å². The molecule has 2 aromatic carbocycles. The van der Waals surface area contributed by atoms with Crippen molar-refractivity contribution in [2.75, 3.05) is 18.5 Å². The second kappa shape index (κ2) is 9.74. The van der Waals surface area contributed by atoms with E-state index in [0.717, 1.165) is 11.6 Å². The van der Waals surface area contributed by atoms with Crippen LogP contribution in [0.3, 0.4) is 0 Å². The number of amides is 2. The molecule has 0 aliphatic carbocycles. The molecule has 0 bridgehead atoms. The Bertz CT molecular complexity index is 1200. The van der Waals surface area contributed by atoms with Gasteiger partial charge < -0.3 is 20.7 Å². The lowest BCUT2D eigenvalue weighted by Crippen LogP contribution is -2.59. The Morgan fingerprint density at radius 1 is 1.14 bits per heavy atom. The van der Waals surface area contributed by atoms with E-state index in [1.54, 1.807) is 31.3 Å². The molecule has 1 aliphatic rings. The standard InChI is InChI=1S/C23H23F3N6O3/c1-32-13-19(30-31-32)20(33)29-22(10-11-35-14-22)21(34)27-12-15-6-8-16(9-7-15)28-18-5-3-2-4-17(18)23(24,25)26/h2-9,13,28H,10-12,14H2,1H3,(H,27,34)(H,29,33)/t22-/m0/s1. The number of benzene rings is 2. The summed E-state index contributed by atoms with van der Waals surface area (Å²) in [7, 11) is 1.63. The highest BCUT2D eigenvalue weighted by Gasteiger charge is 2.44. The van der Waals surface area contributed by atoms with E-state index >= 15 is 0 Å². The van der Waals surface area contributed by atoms with E-state index in [0.29, 0.717) is 18.7 Å². The van der Waals surface area contributed by atoms with Crippen molar-refractivity contribution in [3.8, 4) is 0 Å². The monoisotopic (exact) mass is 488 g/mol. The maximum Gasteiger partial charge on any atom is 0.418 e. The summed E-state index contributed by atoms with van der Waals surface area (Å²) in [6.45, 7) is 0.487. The fraction of sp³-hybridized carbons (Fsp3) is 0.304. The van der Waals surface area contributed by atoms with Gasteiger partial charge in [-0.3, -0.25) is 14.3 Å². The minimum absolute atomic E-state index is 0.0201. The smallest absolute Gasteiger partial charge is 0.378 e. The molecule has 0 saturated carbocycles. The predicted octanol–water partition coefficient (Wildman–Crippen LogP) is 2.78. The molecule has 0 spiro atoms. The third kappa shape index (κ3) is 5.60. The fourth-order valence-corrected chi connectivity index (χ4v) is 3.68. The van der Waals surface area contributed by atoms with Crippen LogP contribution in [0.25, 0.3) is 0 Å². The lowest BCUT2D eigenvalue weighted by Gasteiger charge is -2.27. The second-order valence-corrected chi connectivity index (χ2v) is 8.16. The van der Waals surface area contributed by atoms with E-state index in [1.807, 2.05) is 0 Å². The maximum atomic E-state index is 13.2. The highest BCUT2D eigenvalue weighted by molar-refractivity contribution is 5.98. The summed E-state index contributed by atoms with van der Waals surface area (Å²) in [6, 6.07) is 11.8. The van der Waals surface area contributed by atoms with Gasteiger partial charge in [0.2, 0.25) is 5.91 Å². The van der Waals surface area contributed by atoms with Gasteiger partial charge >= 0.3 is 6.18 Å². The van der Waals surface area contributed by atoms with Crippen molar-refractivity contribution in [2.45, 2.75) is 24.7 Å². The van der Waals surface area contributed by atoms with Crippen molar-refractivity contribution in [2.24, 2.45) is 7.05 Å². The Morgan fingerprint density at radius 3 is 2.51 bits per heavy atom. The highest BCUT2D eigenvalue weighted by atomic mass is 19.4. The number of aryl methyl sites for hydroxylation is 1. The molecular formula is C23H23F3N6O3. The minimum atomic E-state index is -4.48. The van der Waals surface area contributed by atoms with Crippen LogP contribution in [-0.2, 0) is 29.3 Å². The topological polar surface area (TPSA) is 110 Å². The lowest BCUT2D eigenvalue weighted by molar-refractivity contribution is -0.137. The van der Waals surface area contributed by atoms with Crippen molar-refractivity contribution in [1.29, 1.82) is 0 Å². The zero-order chi connectivity index (χ0) is 25.1. The molecule has 0 unspecified atom stereocenters. The summed E-state index contributed by atoms with van der Waals surface area (Å²) in [5.41, 5.74) is -0.776. The number of hydrogen-bond donors (Lipinski definition) is 3. The fourth-order valence-electron chi connectivity index (χ4n) is 3.68. The van der Waals surface area contributed by atoms with Crippen LogP contribution in [0, 0.1) is 0 Å². The number of rotatable bonds is 7. The number of hydrogen-bond acceptors (Lipinski definition) is 6. The van der Waals surface area contributed by atoms with Gasteiger partial charge in [-0.05, 0) is 29.8 Å². The molecule has 9 nitrogen and oxygen atoms in total. The first-order valence-electron chi connectivity index (χ1n) is 10.7. The van der Waals surface area contributed by atoms with E-state index in [-0.39, 0.29) is 24.5 Å². The average molecular weight is 488 g/mol. The van der Waals surface area contributed by atoms with Crippen LogP contribution in [0.15, 0.2) is 54.7 Å². The van der Waals surface area contributed by atoms with Crippen molar-refractivity contribution in [3.63, 3.8) is 0 Å². The van der Waals surface area contributed by atoms with Gasteiger partial charge in [0.25, 0.3) is 5.91 Å². The molecule has 3 N–H and O–H groups in total. The SMILES string of the molecule is Cn1cc(C(=O)N[C@@]2(C(=O)NCc3ccc(Nc4ccccc4C(F)(F)F)cc3)CCOC2)nn1. The highest BCUT2D eigenvalue weighted by Crippen LogP contribution is 2.35. The maximum absolute atomic E-state index is 13.2. The van der Waals surface area contributed by atoms with Crippen molar-refractivity contribution < 1.29 is 27.5 Å². The molecule has 12 heteroatoms. The normalized spacial score (nSPS) is 17.7. The number of halogens is 3. The number of ether oxygens (including phenoxy) is 1. The van der Waals surface area contributed by atoms with Gasteiger partial charge in [0.05, 0.1) is 24.1 Å². The summed E-state index contributed by atoms with van der Waals surface area (Å²) >= 11 is 0. The number of carbonyl (C=O) groups excluding carboxylic acids is 2. The van der Waals surface area contributed by atoms with Gasteiger partial charge in [-0.25, -0.2) is 0 Å². The second-order valence-electron chi connectivity index (χ2n) is 8.16. The third-order valence-corrected chi connectivity index (χ3v) is 5.56. The molecule has 1 saturated heterocycles. The summed E-state index contributed by atoms with van der Waals surface area (Å²) in [5.74, 6) is -0.943. The summed E-state index contributed by atoms with van der Waals surface area (Å²) < 4.78 is 46.4. The Kier molecular flexibility index (Phi) is 6.74. The van der Waals surface area contributed by atoms with Crippen LogP contribution in [0.1, 0.15) is 28.0 Å². The molecule has 3 aromatic rings. The number of carbonyl (C=O) groups is 2. The third-order valence-electron chi connectivity index (χ3n) is 5.56. The molecule has 2 amide bonds. The van der Waals surface area contributed by atoms with Gasteiger partial charge in [-0.15, -0.1) is 5.10 Å². The molecule has 1 atom stereocenters. The molecule has 1 aromatic heterocycles. The van der Waals surface area contributed by atoms with Crippen LogP contribution in [0.2, 0.25) is 0 Å². The van der Waals surface area contributed by atoms with Gasteiger partial charge in [0.1, 0.15) is 5.54 Å². The number of anilines is 2. The first-order valence-corrected chi connectivity index (χ1v) is 10.7. The van der Waals surface area contributed by atoms with Crippen LogP contribution >= 0.6 is 0 Å². The van der Waals surface area contributed by atoms with Crippen LogP contribution in [0.5, 0.6) is 0 Å². The molecule has 184 valence electrons. The van der Waals surface area contributed by atoms with Gasteiger partial charge in [-0.2, -0.15) is 13.2 Å². The van der Waals surface area contributed by atoms with Gasteiger partial charge in [0.15, 0.2) is 5.69 Å². The number of nitrogens with zero attached hydrogens (tertiary/aromatic N) is 3. The zero-order valence-corrected chi connectivity index (χ0v) is 18.7. The Hall–Kier alpha value is -3.93. The Balaban J connectivity index is 1.38. The van der Waals surface area contributed by atoms with Crippen LogP contribution in [0.4, 0.5) is 24.5 Å². The number of aromatic nitrogens is 3. The molecule has 0 radical (unpaired) electrons. The largest absolute Gasteiger partial charge is 0.418 e. The van der Waals surface area contributed by atoms with Crippen molar-refractivity contribution in [3.05, 3.63) is 71.5 Å². The molecule has 1 fully saturated rings. The summed E-state index contributed by atoms with van der Waals surface area (Å²) in [5, 5.41) is 15.8. The Morgan fingerprint density at radius 2 is 1.89 bits per heavy atom. The quantitative estimate of drug-likeness (QED) is 0.472.